The second-order valence-corrected chi connectivity index (χ2v) is 5.37. The summed E-state index contributed by atoms with van der Waals surface area (Å²) in [5, 5.41) is 0. The Morgan fingerprint density at radius 2 is 1.90 bits per heavy atom. The molecule has 1 atom stereocenters. The third-order valence-corrected chi connectivity index (χ3v) is 3.51. The molecule has 1 amide bonds. The zero-order chi connectivity index (χ0) is 15.8. The average Bonchev–Trinajstić information content (AvgIpc) is 2.49. The van der Waals surface area contributed by atoms with E-state index in [4.69, 9.17) is 4.74 Å². The minimum atomic E-state index is -0.608. The number of carbonyl (C=O) groups is 2. The van der Waals surface area contributed by atoms with Gasteiger partial charge in [-0.3, -0.25) is 9.59 Å². The SMILES string of the molecule is CCN(CCC(=O)OC)C(=O)C(C)Oc1ccc(Br)cc1. The van der Waals surface area contributed by atoms with E-state index < -0.39 is 6.10 Å². The Kier molecular flexibility index (Phi) is 7.22. The Morgan fingerprint density at radius 1 is 1.29 bits per heavy atom. The molecule has 0 saturated carbocycles. The number of esters is 1. The predicted octanol–water partition coefficient (Wildman–Crippen LogP) is 2.63. The Labute approximate surface area is 133 Å². The molecule has 0 aliphatic carbocycles. The lowest BCUT2D eigenvalue weighted by atomic mass is 10.3. The lowest BCUT2D eigenvalue weighted by Crippen LogP contribution is -2.41. The summed E-state index contributed by atoms with van der Waals surface area (Å²) in [5.41, 5.74) is 0. The molecule has 0 aliphatic rings. The summed E-state index contributed by atoms with van der Waals surface area (Å²) >= 11 is 3.34. The first-order chi connectivity index (χ1) is 9.97. The summed E-state index contributed by atoms with van der Waals surface area (Å²) in [7, 11) is 1.33. The van der Waals surface area contributed by atoms with Crippen LogP contribution in [0, 0.1) is 0 Å². The van der Waals surface area contributed by atoms with Crippen molar-refractivity contribution in [2.75, 3.05) is 20.2 Å². The van der Waals surface area contributed by atoms with Crippen molar-refractivity contribution in [1.82, 2.24) is 4.90 Å². The molecule has 1 aromatic rings. The predicted molar refractivity (Wildman–Crippen MR) is 83.1 cm³/mol. The molecule has 0 spiro atoms. The molecule has 1 unspecified atom stereocenters. The number of hydrogen-bond donors (Lipinski definition) is 0. The van der Waals surface area contributed by atoms with Gasteiger partial charge in [-0.15, -0.1) is 0 Å². The maximum absolute atomic E-state index is 12.3. The molecular formula is C15H20BrNO4. The summed E-state index contributed by atoms with van der Waals surface area (Å²) in [4.78, 5) is 25.0. The second-order valence-electron chi connectivity index (χ2n) is 4.46. The summed E-state index contributed by atoms with van der Waals surface area (Å²) < 4.78 is 11.1. The third kappa shape index (κ3) is 5.75. The summed E-state index contributed by atoms with van der Waals surface area (Å²) in [6, 6.07) is 7.28. The highest BCUT2D eigenvalue weighted by Crippen LogP contribution is 2.17. The highest BCUT2D eigenvalue weighted by atomic mass is 79.9. The number of carbonyl (C=O) groups excluding carboxylic acids is 2. The number of ether oxygens (including phenoxy) is 2. The monoisotopic (exact) mass is 357 g/mol. The number of nitrogens with zero attached hydrogens (tertiary/aromatic N) is 1. The van der Waals surface area contributed by atoms with Crippen molar-refractivity contribution >= 4 is 27.8 Å². The quantitative estimate of drug-likeness (QED) is 0.704. The van der Waals surface area contributed by atoms with Crippen LogP contribution in [-0.4, -0.2) is 43.1 Å². The van der Waals surface area contributed by atoms with E-state index in [0.717, 1.165) is 4.47 Å². The number of halogens is 1. The fraction of sp³-hybridized carbons (Fsp3) is 0.467. The van der Waals surface area contributed by atoms with Crippen LogP contribution >= 0.6 is 15.9 Å². The molecule has 0 heterocycles. The highest BCUT2D eigenvalue weighted by Gasteiger charge is 2.21. The van der Waals surface area contributed by atoms with Crippen molar-refractivity contribution in [1.29, 1.82) is 0 Å². The second kappa shape index (κ2) is 8.67. The molecule has 0 saturated heterocycles. The standard InChI is InChI=1S/C15H20BrNO4/c1-4-17(10-9-14(18)20-3)15(19)11(2)21-13-7-5-12(16)6-8-13/h5-8,11H,4,9-10H2,1-3H3. The van der Waals surface area contributed by atoms with Gasteiger partial charge in [-0.1, -0.05) is 15.9 Å². The van der Waals surface area contributed by atoms with Gasteiger partial charge in [0.1, 0.15) is 5.75 Å². The zero-order valence-electron chi connectivity index (χ0n) is 12.5. The van der Waals surface area contributed by atoms with E-state index in [0.29, 0.717) is 18.8 Å². The minimum absolute atomic E-state index is 0.149. The molecule has 0 fully saturated rings. The maximum atomic E-state index is 12.3. The molecule has 0 aliphatic heterocycles. The van der Waals surface area contributed by atoms with Crippen LogP contribution in [0.5, 0.6) is 5.75 Å². The first-order valence-electron chi connectivity index (χ1n) is 6.75. The topological polar surface area (TPSA) is 55.8 Å². The molecular weight excluding hydrogens is 338 g/mol. The van der Waals surface area contributed by atoms with Crippen molar-refractivity contribution in [2.45, 2.75) is 26.4 Å². The van der Waals surface area contributed by atoms with Crippen LogP contribution in [0.15, 0.2) is 28.7 Å². The van der Waals surface area contributed by atoms with E-state index in [-0.39, 0.29) is 18.3 Å². The molecule has 0 N–H and O–H groups in total. The lowest BCUT2D eigenvalue weighted by Gasteiger charge is -2.24. The lowest BCUT2D eigenvalue weighted by molar-refractivity contribution is -0.143. The summed E-state index contributed by atoms with van der Waals surface area (Å²) in [6.45, 7) is 4.41. The van der Waals surface area contributed by atoms with Gasteiger partial charge in [-0.25, -0.2) is 0 Å². The van der Waals surface area contributed by atoms with Gasteiger partial charge in [0, 0.05) is 17.6 Å². The molecule has 21 heavy (non-hydrogen) atoms. The van der Waals surface area contributed by atoms with Crippen molar-refractivity contribution in [3.8, 4) is 5.75 Å². The largest absolute Gasteiger partial charge is 0.481 e. The number of methoxy groups -OCH3 is 1. The van der Waals surface area contributed by atoms with Crippen LogP contribution < -0.4 is 4.74 Å². The summed E-state index contributed by atoms with van der Waals surface area (Å²) in [5.74, 6) is 0.148. The number of amides is 1. The van der Waals surface area contributed by atoms with E-state index in [1.807, 2.05) is 19.1 Å². The molecule has 0 radical (unpaired) electrons. The van der Waals surface area contributed by atoms with Gasteiger partial charge in [-0.05, 0) is 38.1 Å². The van der Waals surface area contributed by atoms with E-state index in [9.17, 15) is 9.59 Å². The van der Waals surface area contributed by atoms with E-state index >= 15 is 0 Å². The first kappa shape index (κ1) is 17.5. The van der Waals surface area contributed by atoms with Gasteiger partial charge < -0.3 is 14.4 Å². The fourth-order valence-corrected chi connectivity index (χ4v) is 2.04. The number of hydrogen-bond acceptors (Lipinski definition) is 4. The van der Waals surface area contributed by atoms with E-state index in [1.54, 1.807) is 24.0 Å². The van der Waals surface area contributed by atoms with Crippen LogP contribution in [0.25, 0.3) is 0 Å². The van der Waals surface area contributed by atoms with Crippen LogP contribution in [0.4, 0.5) is 0 Å². The van der Waals surface area contributed by atoms with Gasteiger partial charge in [0.2, 0.25) is 0 Å². The van der Waals surface area contributed by atoms with Gasteiger partial charge in [-0.2, -0.15) is 0 Å². The van der Waals surface area contributed by atoms with Crippen LogP contribution in [-0.2, 0) is 14.3 Å². The Morgan fingerprint density at radius 3 is 2.43 bits per heavy atom. The minimum Gasteiger partial charge on any atom is -0.481 e. The Hall–Kier alpha value is -1.56. The van der Waals surface area contributed by atoms with Crippen LogP contribution in [0.3, 0.4) is 0 Å². The van der Waals surface area contributed by atoms with E-state index in [2.05, 4.69) is 20.7 Å². The van der Waals surface area contributed by atoms with Crippen LogP contribution in [0.2, 0.25) is 0 Å². The Balaban J connectivity index is 2.57. The van der Waals surface area contributed by atoms with Crippen molar-refractivity contribution < 1.29 is 19.1 Å². The normalized spacial score (nSPS) is 11.6. The molecule has 1 rings (SSSR count). The third-order valence-electron chi connectivity index (χ3n) is 2.98. The maximum Gasteiger partial charge on any atom is 0.307 e. The molecule has 0 aromatic heterocycles. The summed E-state index contributed by atoms with van der Waals surface area (Å²) in [6.07, 6.45) is -0.426. The van der Waals surface area contributed by atoms with Gasteiger partial charge >= 0.3 is 5.97 Å². The van der Waals surface area contributed by atoms with E-state index in [1.165, 1.54) is 7.11 Å². The number of likely N-dealkylation sites (N-methyl/N-ethyl adjacent to an activating group) is 1. The van der Waals surface area contributed by atoms with Crippen LogP contribution in [0.1, 0.15) is 20.3 Å². The van der Waals surface area contributed by atoms with Crippen molar-refractivity contribution in [3.05, 3.63) is 28.7 Å². The molecule has 0 bridgehead atoms. The van der Waals surface area contributed by atoms with Gasteiger partial charge in [0.15, 0.2) is 6.10 Å². The number of rotatable bonds is 7. The van der Waals surface area contributed by atoms with Gasteiger partial charge in [0.25, 0.3) is 5.91 Å². The van der Waals surface area contributed by atoms with Crippen molar-refractivity contribution in [3.63, 3.8) is 0 Å². The molecule has 1 aromatic carbocycles. The van der Waals surface area contributed by atoms with Crippen molar-refractivity contribution in [2.24, 2.45) is 0 Å². The molecule has 5 nitrogen and oxygen atoms in total. The molecule has 6 heteroatoms. The zero-order valence-corrected chi connectivity index (χ0v) is 14.1. The van der Waals surface area contributed by atoms with Gasteiger partial charge in [0.05, 0.1) is 13.5 Å². The number of benzene rings is 1. The average molecular weight is 358 g/mol. The highest BCUT2D eigenvalue weighted by molar-refractivity contribution is 9.10. The molecule has 116 valence electrons. The Bertz CT molecular complexity index is 475. The fourth-order valence-electron chi connectivity index (χ4n) is 1.78. The smallest absolute Gasteiger partial charge is 0.307 e. The first-order valence-corrected chi connectivity index (χ1v) is 7.55.